The van der Waals surface area contributed by atoms with E-state index < -0.39 is 11.9 Å². The van der Waals surface area contributed by atoms with Crippen molar-refractivity contribution in [3.63, 3.8) is 0 Å². The van der Waals surface area contributed by atoms with Gasteiger partial charge in [-0.05, 0) is 54.4 Å². The Morgan fingerprint density at radius 3 is 1.43 bits per heavy atom. The molecule has 1 aliphatic heterocycles. The van der Waals surface area contributed by atoms with Crippen LogP contribution in [0.4, 0.5) is 0 Å². The molecule has 8 nitrogen and oxygen atoms in total. The number of carbonyl (C=O) groups is 2. The van der Waals surface area contributed by atoms with Gasteiger partial charge in [-0.1, -0.05) is 0 Å². The van der Waals surface area contributed by atoms with Crippen LogP contribution in [0.1, 0.15) is 54.4 Å². The Kier molecular flexibility index (Phi) is 9.33. The van der Waals surface area contributed by atoms with E-state index in [0.29, 0.717) is 26.2 Å². The van der Waals surface area contributed by atoms with Crippen LogP contribution in [-0.2, 0) is 9.59 Å². The maximum absolute atomic E-state index is 11.3. The summed E-state index contributed by atoms with van der Waals surface area (Å²) in [5.41, 5.74) is -0.351. The Bertz CT molecular complexity index is 478. The van der Waals surface area contributed by atoms with Crippen LogP contribution in [0.3, 0.4) is 0 Å². The zero-order chi connectivity index (χ0) is 21.5. The van der Waals surface area contributed by atoms with E-state index in [-0.39, 0.29) is 36.3 Å². The van der Waals surface area contributed by atoms with E-state index in [0.717, 1.165) is 12.8 Å². The van der Waals surface area contributed by atoms with Crippen LogP contribution in [0.2, 0.25) is 0 Å². The Morgan fingerprint density at radius 2 is 1.14 bits per heavy atom. The predicted octanol–water partition coefficient (Wildman–Crippen LogP) is 1.07. The van der Waals surface area contributed by atoms with E-state index >= 15 is 0 Å². The minimum Gasteiger partial charge on any atom is -0.480 e. The van der Waals surface area contributed by atoms with Gasteiger partial charge in [0, 0.05) is 49.3 Å². The quantitative estimate of drug-likeness (QED) is 0.555. The number of rotatable bonds is 4. The van der Waals surface area contributed by atoms with Crippen LogP contribution in [-0.4, -0.2) is 94.4 Å². The van der Waals surface area contributed by atoms with Crippen molar-refractivity contribution >= 4 is 11.9 Å². The average Bonchev–Trinajstić information content (AvgIpc) is 2.50. The predicted molar refractivity (Wildman–Crippen MR) is 111 cm³/mol. The van der Waals surface area contributed by atoms with Gasteiger partial charge in [0.1, 0.15) is 0 Å². The monoisotopic (exact) mass is 400 g/mol. The molecule has 2 atom stereocenters. The van der Waals surface area contributed by atoms with Crippen molar-refractivity contribution in [2.45, 2.75) is 77.5 Å². The van der Waals surface area contributed by atoms with Gasteiger partial charge in [-0.2, -0.15) is 0 Å². The topological polar surface area (TPSA) is 105 Å². The fourth-order valence-corrected chi connectivity index (χ4v) is 4.21. The number of hydrogen-bond acceptors (Lipinski definition) is 6. The fourth-order valence-electron chi connectivity index (χ4n) is 4.21. The number of carboxylic acid groups (broad SMARTS) is 2. The minimum atomic E-state index is -0.809. The number of hydrogen-bond donors (Lipinski definition) is 4. The lowest BCUT2D eigenvalue weighted by molar-refractivity contribution is -0.140. The summed E-state index contributed by atoms with van der Waals surface area (Å²) in [5, 5.41) is 25.7. The molecule has 0 radical (unpaired) electrons. The van der Waals surface area contributed by atoms with Crippen molar-refractivity contribution in [3.05, 3.63) is 0 Å². The molecule has 0 aromatic rings. The fraction of sp³-hybridized carbons (Fsp3) is 0.900. The summed E-state index contributed by atoms with van der Waals surface area (Å²) in [6.45, 7) is 15.3. The van der Waals surface area contributed by atoms with Gasteiger partial charge in [-0.3, -0.25) is 19.4 Å². The summed E-state index contributed by atoms with van der Waals surface area (Å²) in [5.74, 6) is -1.62. The largest absolute Gasteiger partial charge is 0.480 e. The van der Waals surface area contributed by atoms with Crippen LogP contribution in [0, 0.1) is 0 Å². The molecular weight excluding hydrogens is 360 g/mol. The molecule has 28 heavy (non-hydrogen) atoms. The zero-order valence-electron chi connectivity index (χ0n) is 18.4. The van der Waals surface area contributed by atoms with Gasteiger partial charge in [-0.25, -0.2) is 0 Å². The highest BCUT2D eigenvalue weighted by molar-refractivity contribution is 5.69. The second kappa shape index (κ2) is 10.5. The van der Waals surface area contributed by atoms with Crippen LogP contribution >= 0.6 is 0 Å². The van der Waals surface area contributed by atoms with Crippen molar-refractivity contribution in [3.8, 4) is 0 Å². The lowest BCUT2D eigenvalue weighted by atomic mass is 9.93. The second-order valence-corrected chi connectivity index (χ2v) is 9.46. The summed E-state index contributed by atoms with van der Waals surface area (Å²) in [4.78, 5) is 26.7. The first-order chi connectivity index (χ1) is 12.8. The van der Waals surface area contributed by atoms with Crippen molar-refractivity contribution in [1.29, 1.82) is 0 Å². The molecule has 0 amide bonds. The summed E-state index contributed by atoms with van der Waals surface area (Å²) < 4.78 is 0. The molecular formula is C20H40N4O4. The number of nitrogens with one attached hydrogen (secondary N) is 2. The van der Waals surface area contributed by atoms with Gasteiger partial charge in [0.15, 0.2) is 0 Å². The summed E-state index contributed by atoms with van der Waals surface area (Å²) in [7, 11) is 0. The van der Waals surface area contributed by atoms with Crippen LogP contribution in [0.15, 0.2) is 0 Å². The molecule has 1 rings (SSSR count). The van der Waals surface area contributed by atoms with E-state index in [9.17, 15) is 19.8 Å². The third kappa shape index (κ3) is 9.32. The molecule has 1 aliphatic rings. The Morgan fingerprint density at radius 1 is 0.821 bits per heavy atom. The van der Waals surface area contributed by atoms with Crippen molar-refractivity contribution in [1.82, 2.24) is 20.4 Å². The van der Waals surface area contributed by atoms with Gasteiger partial charge < -0.3 is 20.8 Å². The second-order valence-electron chi connectivity index (χ2n) is 9.46. The van der Waals surface area contributed by atoms with Crippen molar-refractivity contribution < 1.29 is 19.8 Å². The van der Waals surface area contributed by atoms with Gasteiger partial charge in [0.05, 0.1) is 13.1 Å². The van der Waals surface area contributed by atoms with Gasteiger partial charge in [0.2, 0.25) is 0 Å². The normalized spacial score (nSPS) is 28.4. The highest BCUT2D eigenvalue weighted by Crippen LogP contribution is 2.19. The molecule has 164 valence electrons. The first-order valence-corrected chi connectivity index (χ1v) is 10.2. The van der Waals surface area contributed by atoms with E-state index in [1.807, 2.05) is 9.80 Å². The first-order valence-electron chi connectivity index (χ1n) is 10.2. The molecule has 1 heterocycles. The third-order valence-electron chi connectivity index (χ3n) is 5.54. The molecule has 0 aliphatic carbocycles. The lowest BCUT2D eigenvalue weighted by Gasteiger charge is -2.39. The summed E-state index contributed by atoms with van der Waals surface area (Å²) in [6.07, 6.45) is 1.61. The molecule has 4 N–H and O–H groups in total. The minimum absolute atomic E-state index is 0.0299. The van der Waals surface area contributed by atoms with Crippen LogP contribution in [0.5, 0.6) is 0 Å². The average molecular weight is 401 g/mol. The third-order valence-corrected chi connectivity index (χ3v) is 5.54. The molecule has 0 unspecified atom stereocenters. The van der Waals surface area contributed by atoms with Gasteiger partial charge in [-0.15, -0.1) is 0 Å². The maximum Gasteiger partial charge on any atom is 0.317 e. The first kappa shape index (κ1) is 24.8. The molecule has 8 heteroatoms. The number of carboxylic acids is 2. The van der Waals surface area contributed by atoms with E-state index in [1.165, 1.54) is 0 Å². The smallest absolute Gasteiger partial charge is 0.317 e. The zero-order valence-corrected chi connectivity index (χ0v) is 18.4. The molecule has 1 saturated heterocycles. The number of nitrogens with zero attached hydrogens (tertiary/aromatic N) is 2. The Balaban J connectivity index is 2.97. The highest BCUT2D eigenvalue weighted by Gasteiger charge is 2.29. The van der Waals surface area contributed by atoms with Crippen molar-refractivity contribution in [2.24, 2.45) is 0 Å². The SMILES string of the molecule is C[C@@H]1CC(C)(C)NCCN(CC(=O)O)[C@@H](C)CC(C)(C)NCCN1CC(=O)O. The van der Waals surface area contributed by atoms with Gasteiger partial charge in [0.25, 0.3) is 0 Å². The molecule has 0 bridgehead atoms. The van der Waals surface area contributed by atoms with Crippen LogP contribution in [0.25, 0.3) is 0 Å². The van der Waals surface area contributed by atoms with E-state index in [1.54, 1.807) is 0 Å². The summed E-state index contributed by atoms with van der Waals surface area (Å²) in [6, 6.07) is 0.223. The van der Waals surface area contributed by atoms with Crippen molar-refractivity contribution in [2.75, 3.05) is 39.3 Å². The van der Waals surface area contributed by atoms with E-state index in [4.69, 9.17) is 0 Å². The standard InChI is InChI=1S/C20H40N4O4/c1-15-11-19(3,4)21-8-10-24(14-18(27)28)16(2)12-20(5,6)22-7-9-23(15)13-17(25)26/h15-16,21-22H,7-14H2,1-6H3,(H,25,26)(H,27,28)/t15-,16+. The summed E-state index contributed by atoms with van der Waals surface area (Å²) >= 11 is 0. The lowest BCUT2D eigenvalue weighted by Crippen LogP contribution is -2.54. The Labute approximate surface area is 169 Å². The molecule has 0 saturated carbocycles. The highest BCUT2D eigenvalue weighted by atomic mass is 16.4. The molecule has 0 aromatic heterocycles. The maximum atomic E-state index is 11.3. The molecule has 1 fully saturated rings. The number of aliphatic carboxylic acids is 2. The molecule has 0 aromatic carbocycles. The Hall–Kier alpha value is -1.22. The van der Waals surface area contributed by atoms with Crippen LogP contribution < -0.4 is 10.6 Å². The van der Waals surface area contributed by atoms with Gasteiger partial charge >= 0.3 is 11.9 Å². The molecule has 0 spiro atoms. The van der Waals surface area contributed by atoms with E-state index in [2.05, 4.69) is 52.2 Å².